The number of rotatable bonds is 3. The van der Waals surface area contributed by atoms with E-state index < -0.39 is 0 Å². The summed E-state index contributed by atoms with van der Waals surface area (Å²) in [6.07, 6.45) is 1.54. The molecule has 22 heavy (non-hydrogen) atoms. The molecule has 0 radical (unpaired) electrons. The second-order valence-electron chi connectivity index (χ2n) is 5.76. The van der Waals surface area contributed by atoms with Crippen LogP contribution in [0.1, 0.15) is 24.0 Å². The Kier molecular flexibility index (Phi) is 4.90. The topological polar surface area (TPSA) is 84.7 Å². The number of nitrogens with two attached hydrogens (primary N) is 1. The van der Waals surface area contributed by atoms with Gasteiger partial charge in [0.15, 0.2) is 0 Å². The molecule has 3 amide bonds. The van der Waals surface area contributed by atoms with Crippen molar-refractivity contribution in [3.05, 3.63) is 23.3 Å². The van der Waals surface area contributed by atoms with Crippen molar-refractivity contribution in [1.29, 1.82) is 0 Å². The van der Waals surface area contributed by atoms with E-state index in [2.05, 4.69) is 5.32 Å². The molecule has 0 aliphatic carbocycles. The maximum atomic E-state index is 12.4. The first-order chi connectivity index (χ1) is 10.4. The normalized spacial score (nSPS) is 18.0. The van der Waals surface area contributed by atoms with Crippen LogP contribution in [0, 0.1) is 19.8 Å². The molecule has 1 atom stereocenters. The number of likely N-dealkylation sites (tertiary alicyclic amines) is 1. The number of amides is 3. The molecule has 2 rings (SSSR count). The Morgan fingerprint density at radius 2 is 2.09 bits per heavy atom. The first-order valence-electron chi connectivity index (χ1n) is 7.43. The molecule has 0 unspecified atom stereocenters. The van der Waals surface area contributed by atoms with Crippen LogP contribution in [-0.4, -0.2) is 37.0 Å². The van der Waals surface area contributed by atoms with Gasteiger partial charge in [-0.15, -0.1) is 0 Å². The van der Waals surface area contributed by atoms with E-state index in [-0.39, 0.29) is 17.9 Å². The molecular formula is C16H23N3O3. The highest BCUT2D eigenvalue weighted by Crippen LogP contribution is 2.28. The summed E-state index contributed by atoms with van der Waals surface area (Å²) in [4.78, 5) is 25.4. The fourth-order valence-corrected chi connectivity index (χ4v) is 2.76. The van der Waals surface area contributed by atoms with Gasteiger partial charge >= 0.3 is 6.03 Å². The summed E-state index contributed by atoms with van der Waals surface area (Å²) in [6, 6.07) is 3.63. The number of benzene rings is 1. The number of aryl methyl sites for hydroxylation is 1. The van der Waals surface area contributed by atoms with Crippen LogP contribution in [0.4, 0.5) is 10.5 Å². The summed E-state index contributed by atoms with van der Waals surface area (Å²) in [5.74, 6) is 0.141. The Bertz CT molecular complexity index is 586. The predicted molar refractivity (Wildman–Crippen MR) is 85.0 cm³/mol. The maximum Gasteiger partial charge on any atom is 0.321 e. The van der Waals surface area contributed by atoms with Gasteiger partial charge in [-0.3, -0.25) is 4.79 Å². The lowest BCUT2D eigenvalue weighted by Gasteiger charge is -2.31. The van der Waals surface area contributed by atoms with Crippen molar-refractivity contribution < 1.29 is 14.3 Å². The standard InChI is InChI=1S/C16H23N3O3/c1-10-7-13(11(2)14(8-10)22-3)18-16(21)19-6-4-5-12(9-19)15(17)20/h7-8,12H,4-6,9H2,1-3H3,(H2,17,20)(H,18,21)/t12-/m0/s1. The number of hydrogen-bond donors (Lipinski definition) is 2. The van der Waals surface area contributed by atoms with Crippen LogP contribution < -0.4 is 15.8 Å². The zero-order valence-electron chi connectivity index (χ0n) is 13.3. The largest absolute Gasteiger partial charge is 0.496 e. The molecule has 0 spiro atoms. The van der Waals surface area contributed by atoms with E-state index in [4.69, 9.17) is 10.5 Å². The van der Waals surface area contributed by atoms with Gasteiger partial charge in [0, 0.05) is 24.3 Å². The summed E-state index contributed by atoms with van der Waals surface area (Å²) < 4.78 is 5.32. The Balaban J connectivity index is 2.12. The molecule has 0 aromatic heterocycles. The summed E-state index contributed by atoms with van der Waals surface area (Å²) in [7, 11) is 1.61. The van der Waals surface area contributed by atoms with E-state index >= 15 is 0 Å². The lowest BCUT2D eigenvalue weighted by atomic mass is 9.98. The lowest BCUT2D eigenvalue weighted by Crippen LogP contribution is -2.45. The Hall–Kier alpha value is -2.24. The van der Waals surface area contributed by atoms with Crippen LogP contribution in [0.25, 0.3) is 0 Å². The Labute approximate surface area is 130 Å². The van der Waals surface area contributed by atoms with Crippen LogP contribution >= 0.6 is 0 Å². The molecule has 1 aromatic carbocycles. The van der Waals surface area contributed by atoms with Crippen LogP contribution in [-0.2, 0) is 4.79 Å². The zero-order valence-corrected chi connectivity index (χ0v) is 13.3. The van der Waals surface area contributed by atoms with E-state index in [0.717, 1.165) is 35.4 Å². The molecule has 0 bridgehead atoms. The van der Waals surface area contributed by atoms with Crippen LogP contribution in [0.15, 0.2) is 12.1 Å². The van der Waals surface area contributed by atoms with E-state index in [9.17, 15) is 9.59 Å². The van der Waals surface area contributed by atoms with Crippen molar-refractivity contribution >= 4 is 17.6 Å². The van der Waals surface area contributed by atoms with Gasteiger partial charge in [-0.25, -0.2) is 4.79 Å². The van der Waals surface area contributed by atoms with Gasteiger partial charge in [-0.1, -0.05) is 0 Å². The first kappa shape index (κ1) is 16.1. The highest BCUT2D eigenvalue weighted by Gasteiger charge is 2.27. The molecule has 6 nitrogen and oxygen atoms in total. The molecule has 1 fully saturated rings. The Morgan fingerprint density at radius 3 is 2.73 bits per heavy atom. The van der Waals surface area contributed by atoms with Crippen molar-refractivity contribution in [2.75, 3.05) is 25.5 Å². The number of carbonyl (C=O) groups is 2. The quantitative estimate of drug-likeness (QED) is 0.896. The predicted octanol–water partition coefficient (Wildman–Crippen LogP) is 2.04. The summed E-state index contributed by atoms with van der Waals surface area (Å²) in [5, 5.41) is 2.91. The second-order valence-corrected chi connectivity index (χ2v) is 5.76. The molecular weight excluding hydrogens is 282 g/mol. The highest BCUT2D eigenvalue weighted by molar-refractivity contribution is 5.91. The number of primary amides is 1. The average molecular weight is 305 g/mol. The number of anilines is 1. The van der Waals surface area contributed by atoms with Crippen molar-refractivity contribution in [1.82, 2.24) is 4.90 Å². The molecule has 0 saturated carbocycles. The monoisotopic (exact) mass is 305 g/mol. The zero-order chi connectivity index (χ0) is 16.3. The fourth-order valence-electron chi connectivity index (χ4n) is 2.76. The number of ether oxygens (including phenoxy) is 1. The number of methoxy groups -OCH3 is 1. The average Bonchev–Trinajstić information content (AvgIpc) is 2.50. The fraction of sp³-hybridized carbons (Fsp3) is 0.500. The highest BCUT2D eigenvalue weighted by atomic mass is 16.5. The molecule has 1 aliphatic rings. The SMILES string of the molecule is COc1cc(C)cc(NC(=O)N2CCC[C@H](C(N)=O)C2)c1C. The number of piperidine rings is 1. The van der Waals surface area contributed by atoms with Gasteiger partial charge in [-0.2, -0.15) is 0 Å². The summed E-state index contributed by atoms with van der Waals surface area (Å²) >= 11 is 0. The molecule has 120 valence electrons. The third kappa shape index (κ3) is 3.50. The van der Waals surface area contributed by atoms with Gasteiger partial charge in [0.25, 0.3) is 0 Å². The maximum absolute atomic E-state index is 12.4. The molecule has 1 saturated heterocycles. The molecule has 6 heteroatoms. The van der Waals surface area contributed by atoms with Gasteiger partial charge in [-0.05, 0) is 44.4 Å². The third-order valence-corrected chi connectivity index (χ3v) is 4.08. The molecule has 1 aliphatic heterocycles. The number of urea groups is 1. The van der Waals surface area contributed by atoms with Gasteiger partial charge < -0.3 is 20.7 Å². The van der Waals surface area contributed by atoms with E-state index in [0.29, 0.717) is 13.1 Å². The smallest absolute Gasteiger partial charge is 0.321 e. The summed E-state index contributed by atoms with van der Waals surface area (Å²) in [5.41, 5.74) is 7.96. The van der Waals surface area contributed by atoms with Crippen molar-refractivity contribution in [2.24, 2.45) is 11.7 Å². The first-order valence-corrected chi connectivity index (χ1v) is 7.43. The van der Waals surface area contributed by atoms with Crippen LogP contribution in [0.5, 0.6) is 5.75 Å². The van der Waals surface area contributed by atoms with Gasteiger partial charge in [0.05, 0.1) is 13.0 Å². The van der Waals surface area contributed by atoms with Gasteiger partial charge in [0.1, 0.15) is 5.75 Å². The van der Waals surface area contributed by atoms with Crippen LogP contribution in [0.3, 0.4) is 0 Å². The number of hydrogen-bond acceptors (Lipinski definition) is 3. The van der Waals surface area contributed by atoms with Crippen LogP contribution in [0.2, 0.25) is 0 Å². The van der Waals surface area contributed by atoms with E-state index in [1.54, 1.807) is 12.0 Å². The number of nitrogens with one attached hydrogen (secondary N) is 1. The summed E-state index contributed by atoms with van der Waals surface area (Å²) in [6.45, 7) is 4.86. The lowest BCUT2D eigenvalue weighted by molar-refractivity contribution is -0.123. The van der Waals surface area contributed by atoms with Crippen molar-refractivity contribution in [3.8, 4) is 5.75 Å². The number of nitrogens with zero attached hydrogens (tertiary/aromatic N) is 1. The van der Waals surface area contributed by atoms with Crippen molar-refractivity contribution in [2.45, 2.75) is 26.7 Å². The third-order valence-electron chi connectivity index (χ3n) is 4.08. The minimum Gasteiger partial charge on any atom is -0.496 e. The molecule has 1 heterocycles. The number of carbonyl (C=O) groups excluding carboxylic acids is 2. The molecule has 3 N–H and O–H groups in total. The van der Waals surface area contributed by atoms with Crippen molar-refractivity contribution in [3.63, 3.8) is 0 Å². The second kappa shape index (κ2) is 6.68. The minimum atomic E-state index is -0.342. The molecule has 1 aromatic rings. The Morgan fingerprint density at radius 1 is 1.36 bits per heavy atom. The van der Waals surface area contributed by atoms with Gasteiger partial charge in [0.2, 0.25) is 5.91 Å². The minimum absolute atomic E-state index is 0.207. The van der Waals surface area contributed by atoms with E-state index in [1.807, 2.05) is 26.0 Å². The van der Waals surface area contributed by atoms with E-state index in [1.165, 1.54) is 0 Å².